The molecular formula is C21H21NO. The summed E-state index contributed by atoms with van der Waals surface area (Å²) in [5, 5.41) is 0. The summed E-state index contributed by atoms with van der Waals surface area (Å²) in [4.78, 5) is 0. The van der Waals surface area contributed by atoms with E-state index >= 15 is 0 Å². The predicted octanol–water partition coefficient (Wildman–Crippen LogP) is 5.44. The number of rotatable bonds is 4. The molecular weight excluding hydrogens is 282 g/mol. The van der Waals surface area contributed by atoms with Gasteiger partial charge in [-0.1, -0.05) is 42.5 Å². The van der Waals surface area contributed by atoms with Crippen LogP contribution in [0, 0.1) is 0 Å². The highest BCUT2D eigenvalue weighted by Gasteiger charge is 2.00. The molecule has 2 N–H and O–H groups in total. The minimum Gasteiger partial charge on any atom is -0.457 e. The normalized spacial score (nSPS) is 14.0. The smallest absolute Gasteiger partial charge is 0.127 e. The number of benzene rings is 2. The molecule has 0 aliphatic heterocycles. The van der Waals surface area contributed by atoms with Gasteiger partial charge in [0.15, 0.2) is 0 Å². The zero-order valence-corrected chi connectivity index (χ0v) is 13.1. The molecule has 0 saturated carbocycles. The van der Waals surface area contributed by atoms with E-state index in [-0.39, 0.29) is 0 Å². The van der Waals surface area contributed by atoms with Crippen LogP contribution in [0.25, 0.3) is 0 Å². The van der Waals surface area contributed by atoms with Crippen molar-refractivity contribution >= 4 is 5.69 Å². The van der Waals surface area contributed by atoms with E-state index < -0.39 is 0 Å². The third kappa shape index (κ3) is 4.62. The fourth-order valence-corrected chi connectivity index (χ4v) is 2.47. The summed E-state index contributed by atoms with van der Waals surface area (Å²) in [6.07, 6.45) is 14.2. The van der Waals surface area contributed by atoms with E-state index in [2.05, 4.69) is 42.5 Å². The summed E-state index contributed by atoms with van der Waals surface area (Å²) in [6, 6.07) is 15.7. The summed E-state index contributed by atoms with van der Waals surface area (Å²) >= 11 is 0. The first-order chi connectivity index (χ1) is 11.3. The molecule has 3 rings (SSSR count). The van der Waals surface area contributed by atoms with Crippen LogP contribution in [-0.4, -0.2) is 0 Å². The van der Waals surface area contributed by atoms with Crippen molar-refractivity contribution in [2.24, 2.45) is 0 Å². The van der Waals surface area contributed by atoms with Crippen molar-refractivity contribution in [1.82, 2.24) is 0 Å². The van der Waals surface area contributed by atoms with Crippen LogP contribution in [0.15, 0.2) is 84.5 Å². The fraction of sp³-hybridized carbons (Fsp3) is 0.143. The van der Waals surface area contributed by atoms with E-state index in [4.69, 9.17) is 10.5 Å². The van der Waals surface area contributed by atoms with Crippen molar-refractivity contribution in [2.75, 3.05) is 5.73 Å². The highest BCUT2D eigenvalue weighted by atomic mass is 16.5. The molecule has 0 amide bonds. The number of nitrogens with two attached hydrogens (primary N) is 1. The summed E-state index contributed by atoms with van der Waals surface area (Å²) < 4.78 is 5.82. The van der Waals surface area contributed by atoms with E-state index in [0.717, 1.165) is 36.4 Å². The van der Waals surface area contributed by atoms with Gasteiger partial charge in [0.05, 0.1) is 0 Å². The van der Waals surface area contributed by atoms with Crippen LogP contribution in [0.4, 0.5) is 5.69 Å². The minimum absolute atomic E-state index is 0.738. The standard InChI is InChI=1S/C21H21NO/c22-19-10-14-21(15-11-19)23-20-12-8-18(9-13-20)16-17-6-4-2-1-3-5-7-17/h2,4-15H,1,3,16,22H2. The largest absolute Gasteiger partial charge is 0.457 e. The number of ether oxygens (including phenoxy) is 1. The second kappa shape index (κ2) is 7.50. The molecule has 0 heterocycles. The lowest BCUT2D eigenvalue weighted by molar-refractivity contribution is 0.482. The van der Waals surface area contributed by atoms with Gasteiger partial charge in [-0.25, -0.2) is 0 Å². The van der Waals surface area contributed by atoms with Crippen molar-refractivity contribution in [2.45, 2.75) is 19.3 Å². The van der Waals surface area contributed by atoms with Crippen LogP contribution in [0.3, 0.4) is 0 Å². The Labute approximate surface area is 137 Å². The monoisotopic (exact) mass is 303 g/mol. The average molecular weight is 303 g/mol. The fourth-order valence-electron chi connectivity index (χ4n) is 2.47. The topological polar surface area (TPSA) is 35.2 Å². The Bertz CT molecular complexity index is 721. The zero-order valence-electron chi connectivity index (χ0n) is 13.1. The molecule has 116 valence electrons. The first-order valence-electron chi connectivity index (χ1n) is 7.94. The molecule has 0 fully saturated rings. The number of anilines is 1. The maximum atomic E-state index is 5.82. The molecule has 2 aromatic carbocycles. The van der Waals surface area contributed by atoms with E-state index in [0.29, 0.717) is 0 Å². The molecule has 0 saturated heterocycles. The van der Waals surface area contributed by atoms with Crippen molar-refractivity contribution in [3.63, 3.8) is 0 Å². The Morgan fingerprint density at radius 1 is 0.826 bits per heavy atom. The number of nitrogen functional groups attached to an aromatic ring is 1. The zero-order chi connectivity index (χ0) is 15.9. The minimum atomic E-state index is 0.738. The van der Waals surface area contributed by atoms with Crippen LogP contribution >= 0.6 is 0 Å². The molecule has 0 aromatic heterocycles. The van der Waals surface area contributed by atoms with Crippen LogP contribution < -0.4 is 10.5 Å². The number of hydrogen-bond donors (Lipinski definition) is 1. The molecule has 0 bridgehead atoms. The van der Waals surface area contributed by atoms with E-state index in [1.165, 1.54) is 11.1 Å². The first kappa shape index (κ1) is 15.2. The molecule has 1 aliphatic rings. The van der Waals surface area contributed by atoms with Crippen LogP contribution in [0.1, 0.15) is 18.4 Å². The maximum absolute atomic E-state index is 5.82. The first-order valence-corrected chi connectivity index (χ1v) is 7.94. The second-order valence-electron chi connectivity index (χ2n) is 5.64. The predicted molar refractivity (Wildman–Crippen MR) is 96.7 cm³/mol. The van der Waals surface area contributed by atoms with Crippen molar-refractivity contribution < 1.29 is 4.74 Å². The molecule has 0 unspecified atom stereocenters. The van der Waals surface area contributed by atoms with Crippen molar-refractivity contribution in [3.8, 4) is 11.5 Å². The lowest BCUT2D eigenvalue weighted by Gasteiger charge is -2.08. The lowest BCUT2D eigenvalue weighted by atomic mass is 10.0. The van der Waals surface area contributed by atoms with Gasteiger partial charge in [-0.3, -0.25) is 0 Å². The second-order valence-corrected chi connectivity index (χ2v) is 5.64. The molecule has 1 aliphatic carbocycles. The van der Waals surface area contributed by atoms with Gasteiger partial charge < -0.3 is 10.5 Å². The van der Waals surface area contributed by atoms with Gasteiger partial charge in [0.25, 0.3) is 0 Å². The molecule has 2 heteroatoms. The quantitative estimate of drug-likeness (QED) is 0.764. The van der Waals surface area contributed by atoms with Gasteiger partial charge in [-0.2, -0.15) is 0 Å². The van der Waals surface area contributed by atoms with Crippen molar-refractivity contribution in [3.05, 3.63) is 90.0 Å². The Hall–Kier alpha value is -2.74. The maximum Gasteiger partial charge on any atom is 0.127 e. The SMILES string of the molecule is Nc1ccc(Oc2ccc(CC3=CC=CCCC=C3)cc2)cc1. The Morgan fingerprint density at radius 2 is 1.48 bits per heavy atom. The van der Waals surface area contributed by atoms with Gasteiger partial charge in [0, 0.05) is 5.69 Å². The third-order valence-corrected chi connectivity index (χ3v) is 3.73. The Balaban J connectivity index is 1.66. The van der Waals surface area contributed by atoms with Gasteiger partial charge in [-0.05, 0) is 66.8 Å². The van der Waals surface area contributed by atoms with Crippen molar-refractivity contribution in [1.29, 1.82) is 0 Å². The molecule has 0 radical (unpaired) electrons. The highest BCUT2D eigenvalue weighted by molar-refractivity contribution is 5.43. The summed E-state index contributed by atoms with van der Waals surface area (Å²) in [6.45, 7) is 0. The highest BCUT2D eigenvalue weighted by Crippen LogP contribution is 2.23. The van der Waals surface area contributed by atoms with E-state index in [9.17, 15) is 0 Å². The molecule has 23 heavy (non-hydrogen) atoms. The Morgan fingerprint density at radius 3 is 2.22 bits per heavy atom. The van der Waals surface area contributed by atoms with Crippen LogP contribution in [0.2, 0.25) is 0 Å². The van der Waals surface area contributed by atoms with E-state index in [1.54, 1.807) is 0 Å². The molecule has 2 aromatic rings. The van der Waals surface area contributed by atoms with Gasteiger partial charge in [-0.15, -0.1) is 0 Å². The van der Waals surface area contributed by atoms with Gasteiger partial charge in [0.1, 0.15) is 11.5 Å². The number of allylic oxidation sites excluding steroid dienone is 6. The van der Waals surface area contributed by atoms with Crippen LogP contribution in [-0.2, 0) is 6.42 Å². The van der Waals surface area contributed by atoms with Crippen LogP contribution in [0.5, 0.6) is 11.5 Å². The summed E-state index contributed by atoms with van der Waals surface area (Å²) in [7, 11) is 0. The van der Waals surface area contributed by atoms with Gasteiger partial charge >= 0.3 is 0 Å². The molecule has 0 spiro atoms. The Kier molecular flexibility index (Phi) is 4.95. The lowest BCUT2D eigenvalue weighted by Crippen LogP contribution is -1.90. The molecule has 0 atom stereocenters. The average Bonchev–Trinajstić information content (AvgIpc) is 2.54. The summed E-state index contributed by atoms with van der Waals surface area (Å²) in [5.74, 6) is 1.63. The third-order valence-electron chi connectivity index (χ3n) is 3.73. The van der Waals surface area contributed by atoms with E-state index in [1.807, 2.05) is 36.4 Å². The molecule has 2 nitrogen and oxygen atoms in total. The number of hydrogen-bond acceptors (Lipinski definition) is 2. The van der Waals surface area contributed by atoms with Gasteiger partial charge in [0.2, 0.25) is 0 Å². The summed E-state index contributed by atoms with van der Waals surface area (Å²) in [5.41, 5.74) is 9.02.